The Bertz CT molecular complexity index is 1220. The number of sulfone groups is 1. The number of benzene rings is 4. The lowest BCUT2D eigenvalue weighted by atomic mass is 10.1. The van der Waals surface area contributed by atoms with Gasteiger partial charge in [-0.15, -0.1) is 0 Å². The van der Waals surface area contributed by atoms with Crippen LogP contribution in [0.15, 0.2) is 89.8 Å². The van der Waals surface area contributed by atoms with Gasteiger partial charge in [-0.1, -0.05) is 60.7 Å². The Labute approximate surface area is 145 Å². The third-order valence-electron chi connectivity index (χ3n) is 4.26. The maximum Gasteiger partial charge on any atom is 0.281 e. The van der Waals surface area contributed by atoms with Crippen LogP contribution in [0, 0.1) is 0 Å². The van der Waals surface area contributed by atoms with Gasteiger partial charge in [0.2, 0.25) is 9.84 Å². The number of fused-ring (bicyclic) bond motifs is 2. The summed E-state index contributed by atoms with van der Waals surface area (Å²) >= 11 is 0. The number of carbonyl (C=O) groups excluding carboxylic acids is 1. The van der Waals surface area contributed by atoms with E-state index in [-0.39, 0.29) is 10.5 Å². The van der Waals surface area contributed by atoms with Crippen molar-refractivity contribution in [1.29, 1.82) is 0 Å². The Morgan fingerprint density at radius 1 is 0.600 bits per heavy atom. The second-order valence-electron chi connectivity index (χ2n) is 5.86. The first-order valence-electron chi connectivity index (χ1n) is 7.83. The van der Waals surface area contributed by atoms with E-state index in [1.807, 2.05) is 48.5 Å². The van der Waals surface area contributed by atoms with Crippen molar-refractivity contribution in [2.24, 2.45) is 0 Å². The van der Waals surface area contributed by atoms with Crippen molar-refractivity contribution in [3.8, 4) is 0 Å². The minimum atomic E-state index is -4.09. The second kappa shape index (κ2) is 5.83. The van der Waals surface area contributed by atoms with Crippen molar-refractivity contribution in [1.82, 2.24) is 0 Å². The summed E-state index contributed by atoms with van der Waals surface area (Å²) in [5, 5.41) is 2.63. The van der Waals surface area contributed by atoms with Gasteiger partial charge in [0.15, 0.2) is 0 Å². The van der Waals surface area contributed by atoms with Gasteiger partial charge in [0.1, 0.15) is 0 Å². The summed E-state index contributed by atoms with van der Waals surface area (Å²) in [5.74, 6) is 0. The van der Waals surface area contributed by atoms with E-state index in [0.29, 0.717) is 0 Å². The highest BCUT2D eigenvalue weighted by Crippen LogP contribution is 2.24. The van der Waals surface area contributed by atoms with Crippen molar-refractivity contribution in [3.05, 3.63) is 90.5 Å². The first-order chi connectivity index (χ1) is 12.1. The molecule has 0 aliphatic rings. The van der Waals surface area contributed by atoms with Gasteiger partial charge < -0.3 is 0 Å². The highest BCUT2D eigenvalue weighted by molar-refractivity contribution is 8.06. The smallest absolute Gasteiger partial charge is 0.276 e. The van der Waals surface area contributed by atoms with Crippen molar-refractivity contribution < 1.29 is 13.2 Å². The first-order valence-corrected chi connectivity index (χ1v) is 9.31. The second-order valence-corrected chi connectivity index (χ2v) is 7.71. The van der Waals surface area contributed by atoms with Gasteiger partial charge in [-0.2, -0.15) is 0 Å². The molecule has 4 aromatic carbocycles. The van der Waals surface area contributed by atoms with Crippen molar-refractivity contribution in [2.75, 3.05) is 0 Å². The standard InChI is InChI=1S/C21H14O3S/c22-21(19-10-9-15-5-1-3-7-17(15)13-19)25(23,24)20-12-11-16-6-2-4-8-18(16)14-20/h1-14H. The monoisotopic (exact) mass is 346 g/mol. The fourth-order valence-corrected chi connectivity index (χ4v) is 4.09. The predicted octanol–water partition coefficient (Wildman–Crippen LogP) is 4.61. The fourth-order valence-electron chi connectivity index (χ4n) is 2.91. The van der Waals surface area contributed by atoms with Crippen LogP contribution in [-0.2, 0) is 9.84 Å². The predicted molar refractivity (Wildman–Crippen MR) is 99.4 cm³/mol. The summed E-state index contributed by atoms with van der Waals surface area (Å²) in [6, 6.07) is 24.7. The highest BCUT2D eigenvalue weighted by atomic mass is 32.2. The summed E-state index contributed by atoms with van der Waals surface area (Å²) in [5.41, 5.74) is 0.173. The molecule has 25 heavy (non-hydrogen) atoms. The van der Waals surface area contributed by atoms with E-state index in [0.717, 1.165) is 21.5 Å². The Kier molecular flexibility index (Phi) is 3.62. The van der Waals surface area contributed by atoms with E-state index in [4.69, 9.17) is 0 Å². The summed E-state index contributed by atoms with van der Waals surface area (Å²) in [6.07, 6.45) is 0. The average Bonchev–Trinajstić information content (AvgIpc) is 2.66. The Hall–Kier alpha value is -2.98. The molecule has 4 rings (SSSR count). The lowest BCUT2D eigenvalue weighted by Crippen LogP contribution is -2.15. The van der Waals surface area contributed by atoms with Crippen LogP contribution in [0.3, 0.4) is 0 Å². The zero-order chi connectivity index (χ0) is 17.4. The van der Waals surface area contributed by atoms with Gasteiger partial charge in [-0.3, -0.25) is 4.79 Å². The third kappa shape index (κ3) is 2.71. The van der Waals surface area contributed by atoms with Gasteiger partial charge in [-0.05, 0) is 45.8 Å². The molecule has 0 saturated carbocycles. The summed E-state index contributed by atoms with van der Waals surface area (Å²) < 4.78 is 25.5. The Morgan fingerprint density at radius 2 is 1.12 bits per heavy atom. The van der Waals surface area contributed by atoms with Gasteiger partial charge in [0.25, 0.3) is 5.12 Å². The topological polar surface area (TPSA) is 51.2 Å². The molecule has 0 spiro atoms. The Balaban J connectivity index is 1.80. The van der Waals surface area contributed by atoms with Crippen molar-refractivity contribution in [2.45, 2.75) is 4.90 Å². The van der Waals surface area contributed by atoms with E-state index in [9.17, 15) is 13.2 Å². The molecule has 3 nitrogen and oxygen atoms in total. The molecule has 0 N–H and O–H groups in total. The molecule has 0 aliphatic carbocycles. The van der Waals surface area contributed by atoms with Crippen LogP contribution in [0.5, 0.6) is 0 Å². The Morgan fingerprint density at radius 3 is 1.76 bits per heavy atom. The lowest BCUT2D eigenvalue weighted by Gasteiger charge is -2.06. The molecule has 0 radical (unpaired) electrons. The average molecular weight is 346 g/mol. The third-order valence-corrected chi connectivity index (χ3v) is 5.86. The molecular weight excluding hydrogens is 332 g/mol. The van der Waals surface area contributed by atoms with Crippen LogP contribution in [0.1, 0.15) is 10.4 Å². The van der Waals surface area contributed by atoms with E-state index in [1.165, 1.54) is 6.07 Å². The lowest BCUT2D eigenvalue weighted by molar-refractivity contribution is 0.107. The molecule has 0 unspecified atom stereocenters. The molecule has 0 aromatic heterocycles. The molecule has 4 heteroatoms. The quantitative estimate of drug-likeness (QED) is 0.533. The number of rotatable bonds is 2. The molecule has 122 valence electrons. The molecule has 0 bridgehead atoms. The SMILES string of the molecule is O=C(c1ccc2ccccc2c1)S(=O)(=O)c1ccc2ccccc2c1. The number of hydrogen-bond donors (Lipinski definition) is 0. The molecular formula is C21H14O3S. The van der Waals surface area contributed by atoms with E-state index < -0.39 is 15.0 Å². The van der Waals surface area contributed by atoms with Crippen molar-refractivity contribution in [3.63, 3.8) is 0 Å². The normalized spacial score (nSPS) is 11.7. The largest absolute Gasteiger partial charge is 0.281 e. The van der Waals surface area contributed by atoms with Crippen molar-refractivity contribution >= 4 is 36.5 Å². The van der Waals surface area contributed by atoms with Crippen LogP contribution in [0.25, 0.3) is 21.5 Å². The van der Waals surface area contributed by atoms with Crippen LogP contribution in [0.4, 0.5) is 0 Å². The fraction of sp³-hybridized carbons (Fsp3) is 0. The summed E-state index contributed by atoms with van der Waals surface area (Å²) in [4.78, 5) is 12.7. The van der Waals surface area contributed by atoms with Gasteiger partial charge in [-0.25, -0.2) is 8.42 Å². The molecule has 0 aliphatic heterocycles. The minimum Gasteiger partial charge on any atom is -0.276 e. The van der Waals surface area contributed by atoms with Crippen LogP contribution < -0.4 is 0 Å². The zero-order valence-electron chi connectivity index (χ0n) is 13.2. The summed E-state index contributed by atoms with van der Waals surface area (Å²) in [7, 11) is -4.09. The first kappa shape index (κ1) is 15.5. The molecule has 0 atom stereocenters. The molecule has 0 heterocycles. The van der Waals surface area contributed by atoms with E-state index in [2.05, 4.69) is 0 Å². The van der Waals surface area contributed by atoms with E-state index >= 15 is 0 Å². The minimum absolute atomic E-state index is 0.0179. The maximum atomic E-state index is 12.8. The molecule has 0 saturated heterocycles. The van der Waals surface area contributed by atoms with Gasteiger partial charge in [0.05, 0.1) is 4.90 Å². The van der Waals surface area contributed by atoms with E-state index in [1.54, 1.807) is 30.3 Å². The molecule has 0 amide bonds. The van der Waals surface area contributed by atoms with Crippen LogP contribution >= 0.6 is 0 Å². The number of carbonyl (C=O) groups is 1. The zero-order valence-corrected chi connectivity index (χ0v) is 14.0. The van der Waals surface area contributed by atoms with Crippen LogP contribution in [0.2, 0.25) is 0 Å². The molecule has 4 aromatic rings. The maximum absolute atomic E-state index is 12.8. The summed E-state index contributed by atoms with van der Waals surface area (Å²) in [6.45, 7) is 0. The molecule has 0 fully saturated rings. The highest BCUT2D eigenvalue weighted by Gasteiger charge is 2.26. The van der Waals surface area contributed by atoms with Crippen LogP contribution in [-0.4, -0.2) is 13.5 Å². The number of hydrogen-bond acceptors (Lipinski definition) is 3. The van der Waals surface area contributed by atoms with Gasteiger partial charge in [0, 0.05) is 5.56 Å². The van der Waals surface area contributed by atoms with Gasteiger partial charge >= 0.3 is 0 Å².